The van der Waals surface area contributed by atoms with Crippen LogP contribution in [0, 0.1) is 6.92 Å². The fourth-order valence-corrected chi connectivity index (χ4v) is 2.66. The number of carbonyl (C=O) groups is 2. The zero-order valence-corrected chi connectivity index (χ0v) is 13.8. The SMILES string of the molecule is Cc1ccc(NC(=O)CCN2C(=O)[C@@H](C)Oc3ccccc32)cc1. The van der Waals surface area contributed by atoms with Crippen molar-refractivity contribution < 1.29 is 14.3 Å². The Morgan fingerprint density at radius 1 is 1.17 bits per heavy atom. The van der Waals surface area contributed by atoms with Gasteiger partial charge in [0.25, 0.3) is 5.91 Å². The summed E-state index contributed by atoms with van der Waals surface area (Å²) in [5, 5.41) is 2.85. The molecule has 5 nitrogen and oxygen atoms in total. The number of rotatable bonds is 4. The zero-order valence-electron chi connectivity index (χ0n) is 13.8. The highest BCUT2D eigenvalue weighted by Crippen LogP contribution is 2.33. The number of para-hydroxylation sites is 2. The van der Waals surface area contributed by atoms with Gasteiger partial charge in [0.1, 0.15) is 5.75 Å². The highest BCUT2D eigenvalue weighted by Gasteiger charge is 2.31. The van der Waals surface area contributed by atoms with Gasteiger partial charge in [-0.3, -0.25) is 9.59 Å². The van der Waals surface area contributed by atoms with Crippen LogP contribution in [0.4, 0.5) is 11.4 Å². The van der Waals surface area contributed by atoms with E-state index in [9.17, 15) is 9.59 Å². The number of benzene rings is 2. The molecule has 5 heteroatoms. The van der Waals surface area contributed by atoms with E-state index in [-0.39, 0.29) is 18.2 Å². The smallest absolute Gasteiger partial charge is 0.267 e. The van der Waals surface area contributed by atoms with Crippen LogP contribution >= 0.6 is 0 Å². The van der Waals surface area contributed by atoms with Crippen LogP contribution in [0.15, 0.2) is 48.5 Å². The Morgan fingerprint density at radius 3 is 2.62 bits per heavy atom. The number of nitrogens with zero attached hydrogens (tertiary/aromatic N) is 1. The number of nitrogens with one attached hydrogen (secondary N) is 1. The summed E-state index contributed by atoms with van der Waals surface area (Å²) in [6, 6.07) is 15.0. The summed E-state index contributed by atoms with van der Waals surface area (Å²) < 4.78 is 5.60. The second-order valence-corrected chi connectivity index (χ2v) is 5.88. The minimum atomic E-state index is -0.542. The lowest BCUT2D eigenvalue weighted by atomic mass is 10.1. The molecule has 0 bridgehead atoms. The second-order valence-electron chi connectivity index (χ2n) is 5.88. The number of anilines is 2. The van der Waals surface area contributed by atoms with Gasteiger partial charge in [-0.05, 0) is 38.1 Å². The highest BCUT2D eigenvalue weighted by molar-refractivity contribution is 6.00. The largest absolute Gasteiger partial charge is 0.479 e. The molecule has 1 aliphatic rings. The number of amides is 2. The van der Waals surface area contributed by atoms with Gasteiger partial charge in [0.05, 0.1) is 5.69 Å². The van der Waals surface area contributed by atoms with Crippen molar-refractivity contribution >= 4 is 23.2 Å². The molecule has 1 heterocycles. The Balaban J connectivity index is 1.66. The first kappa shape index (κ1) is 16.1. The van der Waals surface area contributed by atoms with Gasteiger partial charge in [-0.25, -0.2) is 0 Å². The molecule has 2 aromatic rings. The molecule has 0 aromatic heterocycles. The van der Waals surface area contributed by atoms with E-state index in [0.717, 1.165) is 11.3 Å². The van der Waals surface area contributed by atoms with Crippen LogP contribution in [0.2, 0.25) is 0 Å². The van der Waals surface area contributed by atoms with Gasteiger partial charge in [-0.1, -0.05) is 29.8 Å². The lowest BCUT2D eigenvalue weighted by Gasteiger charge is -2.32. The first-order chi connectivity index (χ1) is 11.5. The Labute approximate surface area is 141 Å². The first-order valence-electron chi connectivity index (χ1n) is 7.98. The summed E-state index contributed by atoms with van der Waals surface area (Å²) in [7, 11) is 0. The van der Waals surface area contributed by atoms with Gasteiger partial charge >= 0.3 is 0 Å². The third-order valence-electron chi connectivity index (χ3n) is 3.97. The van der Waals surface area contributed by atoms with E-state index >= 15 is 0 Å². The summed E-state index contributed by atoms with van der Waals surface area (Å²) in [4.78, 5) is 26.1. The molecule has 1 aliphatic heterocycles. The fourth-order valence-electron chi connectivity index (χ4n) is 2.66. The number of hydrogen-bond acceptors (Lipinski definition) is 3. The molecule has 1 N–H and O–H groups in total. The van der Waals surface area contributed by atoms with Crippen LogP contribution in [0.3, 0.4) is 0 Å². The summed E-state index contributed by atoms with van der Waals surface area (Å²) >= 11 is 0. The summed E-state index contributed by atoms with van der Waals surface area (Å²) in [5.74, 6) is 0.420. The van der Waals surface area contributed by atoms with E-state index in [2.05, 4.69) is 5.32 Å². The van der Waals surface area contributed by atoms with Crippen molar-refractivity contribution in [2.45, 2.75) is 26.4 Å². The lowest BCUT2D eigenvalue weighted by molar-refractivity contribution is -0.125. The van der Waals surface area contributed by atoms with Gasteiger partial charge in [0.15, 0.2) is 6.10 Å². The Morgan fingerprint density at radius 2 is 1.88 bits per heavy atom. The molecule has 0 radical (unpaired) electrons. The lowest BCUT2D eigenvalue weighted by Crippen LogP contribution is -2.45. The Hall–Kier alpha value is -2.82. The average Bonchev–Trinajstić information content (AvgIpc) is 2.57. The molecule has 2 aromatic carbocycles. The van der Waals surface area contributed by atoms with Gasteiger partial charge in [0, 0.05) is 18.7 Å². The Kier molecular flexibility index (Phi) is 4.51. The number of fused-ring (bicyclic) bond motifs is 1. The molecule has 3 rings (SSSR count). The third-order valence-corrected chi connectivity index (χ3v) is 3.97. The van der Waals surface area contributed by atoms with Crippen molar-refractivity contribution in [3.8, 4) is 5.75 Å². The molecule has 124 valence electrons. The monoisotopic (exact) mass is 324 g/mol. The van der Waals surface area contributed by atoms with E-state index in [4.69, 9.17) is 4.74 Å². The van der Waals surface area contributed by atoms with Gasteiger partial charge in [0.2, 0.25) is 5.91 Å². The molecular weight excluding hydrogens is 304 g/mol. The van der Waals surface area contributed by atoms with Crippen molar-refractivity contribution in [3.05, 3.63) is 54.1 Å². The zero-order chi connectivity index (χ0) is 17.1. The standard InChI is InChI=1S/C19H20N2O3/c1-13-7-9-15(10-8-13)20-18(22)11-12-21-16-5-3-4-6-17(16)24-14(2)19(21)23/h3-10,14H,11-12H2,1-2H3,(H,20,22)/t14-/m1/s1. The average molecular weight is 324 g/mol. The maximum absolute atomic E-state index is 12.4. The molecule has 0 saturated heterocycles. The number of aryl methyl sites for hydroxylation is 1. The summed E-state index contributed by atoms with van der Waals surface area (Å²) in [6.45, 7) is 4.03. The number of carbonyl (C=O) groups excluding carboxylic acids is 2. The molecule has 0 fully saturated rings. The third kappa shape index (κ3) is 3.40. The van der Waals surface area contributed by atoms with Crippen LogP contribution in [-0.4, -0.2) is 24.5 Å². The quantitative estimate of drug-likeness (QED) is 0.940. The number of ether oxygens (including phenoxy) is 1. The predicted octanol–water partition coefficient (Wildman–Crippen LogP) is 3.14. The molecule has 0 aliphatic carbocycles. The van der Waals surface area contributed by atoms with Crippen molar-refractivity contribution in [2.24, 2.45) is 0 Å². The minimum Gasteiger partial charge on any atom is -0.479 e. The van der Waals surface area contributed by atoms with Crippen LogP contribution in [0.5, 0.6) is 5.75 Å². The molecular formula is C19H20N2O3. The molecule has 0 spiro atoms. The highest BCUT2D eigenvalue weighted by atomic mass is 16.5. The van der Waals surface area contributed by atoms with E-state index in [1.807, 2.05) is 55.5 Å². The molecule has 0 unspecified atom stereocenters. The maximum Gasteiger partial charge on any atom is 0.267 e. The maximum atomic E-state index is 12.4. The normalized spacial score (nSPS) is 16.3. The van der Waals surface area contributed by atoms with Crippen LogP contribution in [-0.2, 0) is 9.59 Å². The van der Waals surface area contributed by atoms with E-state index < -0.39 is 6.10 Å². The van der Waals surface area contributed by atoms with Crippen LogP contribution in [0.1, 0.15) is 18.9 Å². The topological polar surface area (TPSA) is 58.6 Å². The van der Waals surface area contributed by atoms with Gasteiger partial charge in [-0.15, -0.1) is 0 Å². The first-order valence-corrected chi connectivity index (χ1v) is 7.98. The molecule has 0 saturated carbocycles. The summed E-state index contributed by atoms with van der Waals surface area (Å²) in [5.41, 5.74) is 2.61. The fraction of sp³-hybridized carbons (Fsp3) is 0.263. The van der Waals surface area contributed by atoms with Crippen LogP contribution < -0.4 is 15.0 Å². The van der Waals surface area contributed by atoms with Gasteiger partial charge < -0.3 is 15.0 Å². The van der Waals surface area contributed by atoms with Crippen molar-refractivity contribution in [1.29, 1.82) is 0 Å². The second kappa shape index (κ2) is 6.74. The van der Waals surface area contributed by atoms with E-state index in [1.165, 1.54) is 0 Å². The van der Waals surface area contributed by atoms with Crippen molar-refractivity contribution in [2.75, 3.05) is 16.8 Å². The molecule has 2 amide bonds. The van der Waals surface area contributed by atoms with Crippen LogP contribution in [0.25, 0.3) is 0 Å². The molecule has 24 heavy (non-hydrogen) atoms. The predicted molar refractivity (Wildman–Crippen MR) is 93.3 cm³/mol. The Bertz CT molecular complexity index is 755. The van der Waals surface area contributed by atoms with Crippen molar-refractivity contribution in [1.82, 2.24) is 0 Å². The van der Waals surface area contributed by atoms with Gasteiger partial charge in [-0.2, -0.15) is 0 Å². The number of hydrogen-bond donors (Lipinski definition) is 1. The van der Waals surface area contributed by atoms with E-state index in [1.54, 1.807) is 11.8 Å². The summed E-state index contributed by atoms with van der Waals surface area (Å²) in [6.07, 6.45) is -0.319. The molecule has 1 atom stereocenters. The van der Waals surface area contributed by atoms with Crippen molar-refractivity contribution in [3.63, 3.8) is 0 Å². The van der Waals surface area contributed by atoms with E-state index in [0.29, 0.717) is 18.0 Å². The minimum absolute atomic E-state index is 0.122.